The molecule has 1 aliphatic rings. The molecule has 0 radical (unpaired) electrons. The summed E-state index contributed by atoms with van der Waals surface area (Å²) in [7, 11) is 0. The number of imide groups is 1. The standard InChI is InChI=1S/C27H26FN3O4/c28-23-10-4-9-22(14-23)27(15-24(33)30(12-13-32)18-20-6-2-1-3-7-20)16-25(34)31(26(27)35)19-21-8-5-11-29-17-21/h1-11,14,17,32H,12-13,15-16,18-19H2/t27-/m1/s1. The van der Waals surface area contributed by atoms with Gasteiger partial charge in [0.25, 0.3) is 0 Å². The first-order valence-electron chi connectivity index (χ1n) is 11.4. The Hall–Kier alpha value is -3.91. The highest BCUT2D eigenvalue weighted by atomic mass is 19.1. The second-order valence-corrected chi connectivity index (χ2v) is 8.62. The molecule has 0 bridgehead atoms. The van der Waals surface area contributed by atoms with E-state index in [1.807, 2.05) is 30.3 Å². The van der Waals surface area contributed by atoms with Crippen LogP contribution in [0.25, 0.3) is 0 Å². The van der Waals surface area contributed by atoms with Gasteiger partial charge in [-0.1, -0.05) is 48.5 Å². The molecule has 7 nitrogen and oxygen atoms in total. The van der Waals surface area contributed by atoms with Gasteiger partial charge in [-0.3, -0.25) is 24.3 Å². The topological polar surface area (TPSA) is 90.8 Å². The number of likely N-dealkylation sites (tertiary alicyclic amines) is 1. The fourth-order valence-electron chi connectivity index (χ4n) is 4.47. The molecule has 1 fully saturated rings. The summed E-state index contributed by atoms with van der Waals surface area (Å²) in [6.45, 7) is 0.0577. The van der Waals surface area contributed by atoms with Crippen LogP contribution in [0.2, 0.25) is 0 Å². The third-order valence-corrected chi connectivity index (χ3v) is 6.24. The van der Waals surface area contributed by atoms with Crippen molar-refractivity contribution < 1.29 is 23.9 Å². The minimum absolute atomic E-state index is 0.0150. The molecular weight excluding hydrogens is 449 g/mol. The van der Waals surface area contributed by atoms with Gasteiger partial charge < -0.3 is 10.0 Å². The minimum atomic E-state index is -1.54. The second kappa shape index (κ2) is 10.6. The van der Waals surface area contributed by atoms with Gasteiger partial charge in [0, 0.05) is 38.3 Å². The Morgan fingerprint density at radius 1 is 1.06 bits per heavy atom. The lowest BCUT2D eigenvalue weighted by atomic mass is 9.75. The number of rotatable bonds is 9. The first-order valence-corrected chi connectivity index (χ1v) is 11.4. The van der Waals surface area contributed by atoms with Crippen LogP contribution in [0, 0.1) is 5.82 Å². The molecule has 2 heterocycles. The fraction of sp³-hybridized carbons (Fsp3) is 0.259. The van der Waals surface area contributed by atoms with Gasteiger partial charge in [-0.25, -0.2) is 4.39 Å². The lowest BCUT2D eigenvalue weighted by Crippen LogP contribution is -2.44. The average Bonchev–Trinajstić information content (AvgIpc) is 3.10. The van der Waals surface area contributed by atoms with Crippen LogP contribution < -0.4 is 0 Å². The van der Waals surface area contributed by atoms with Crippen LogP contribution in [-0.4, -0.2) is 50.8 Å². The van der Waals surface area contributed by atoms with E-state index < -0.39 is 29.0 Å². The van der Waals surface area contributed by atoms with Crippen molar-refractivity contribution in [2.45, 2.75) is 31.3 Å². The second-order valence-electron chi connectivity index (χ2n) is 8.62. The highest BCUT2D eigenvalue weighted by molar-refractivity contribution is 6.10. The molecule has 8 heteroatoms. The van der Waals surface area contributed by atoms with Gasteiger partial charge in [0.1, 0.15) is 5.82 Å². The number of carbonyl (C=O) groups is 3. The molecule has 0 saturated carbocycles. The van der Waals surface area contributed by atoms with E-state index in [0.717, 1.165) is 10.5 Å². The van der Waals surface area contributed by atoms with E-state index >= 15 is 0 Å². The van der Waals surface area contributed by atoms with Crippen molar-refractivity contribution in [3.63, 3.8) is 0 Å². The molecule has 0 unspecified atom stereocenters. The Morgan fingerprint density at radius 3 is 2.51 bits per heavy atom. The predicted molar refractivity (Wildman–Crippen MR) is 126 cm³/mol. The average molecular weight is 476 g/mol. The first-order chi connectivity index (χ1) is 16.9. The number of amides is 3. The molecule has 1 N–H and O–H groups in total. The molecule has 3 aromatic rings. The van der Waals surface area contributed by atoms with E-state index in [-0.39, 0.29) is 44.6 Å². The number of halogens is 1. The maximum atomic E-state index is 14.2. The van der Waals surface area contributed by atoms with Crippen LogP contribution in [0.3, 0.4) is 0 Å². The van der Waals surface area contributed by atoms with Gasteiger partial charge in [0.15, 0.2) is 0 Å². The van der Waals surface area contributed by atoms with Crippen molar-refractivity contribution in [1.29, 1.82) is 0 Å². The van der Waals surface area contributed by atoms with E-state index in [4.69, 9.17) is 0 Å². The summed E-state index contributed by atoms with van der Waals surface area (Å²) in [5.41, 5.74) is 0.271. The molecular formula is C27H26FN3O4. The van der Waals surface area contributed by atoms with Crippen molar-refractivity contribution >= 4 is 17.7 Å². The van der Waals surface area contributed by atoms with Crippen molar-refractivity contribution in [2.24, 2.45) is 0 Å². The molecule has 3 amide bonds. The monoisotopic (exact) mass is 475 g/mol. The van der Waals surface area contributed by atoms with Crippen molar-refractivity contribution in [3.8, 4) is 0 Å². The Balaban J connectivity index is 1.67. The molecule has 0 aliphatic carbocycles. The molecule has 2 aromatic carbocycles. The predicted octanol–water partition coefficient (Wildman–Crippen LogP) is 2.83. The molecule has 1 atom stereocenters. The summed E-state index contributed by atoms with van der Waals surface area (Å²) in [5.74, 6) is -1.95. The number of carbonyl (C=O) groups excluding carboxylic acids is 3. The summed E-state index contributed by atoms with van der Waals surface area (Å²) >= 11 is 0. The zero-order valence-corrected chi connectivity index (χ0v) is 19.1. The van der Waals surface area contributed by atoms with E-state index in [1.54, 1.807) is 30.6 Å². The number of hydrogen-bond donors (Lipinski definition) is 1. The van der Waals surface area contributed by atoms with Crippen molar-refractivity contribution in [1.82, 2.24) is 14.8 Å². The quantitative estimate of drug-likeness (QED) is 0.481. The van der Waals surface area contributed by atoms with Gasteiger partial charge in [0.05, 0.1) is 18.6 Å². The smallest absolute Gasteiger partial charge is 0.241 e. The number of nitrogens with zero attached hydrogens (tertiary/aromatic N) is 3. The molecule has 0 spiro atoms. The van der Waals surface area contributed by atoms with Crippen molar-refractivity contribution in [3.05, 3.63) is 102 Å². The van der Waals surface area contributed by atoms with E-state index in [9.17, 15) is 23.9 Å². The molecule has 1 aromatic heterocycles. The first kappa shape index (κ1) is 24.2. The highest BCUT2D eigenvalue weighted by Gasteiger charge is 2.54. The van der Waals surface area contributed by atoms with E-state index in [0.29, 0.717) is 5.56 Å². The summed E-state index contributed by atoms with van der Waals surface area (Å²) in [6.07, 6.45) is 2.59. The van der Waals surface area contributed by atoms with Gasteiger partial charge in [-0.05, 0) is 34.9 Å². The lowest BCUT2D eigenvalue weighted by Gasteiger charge is -2.30. The van der Waals surface area contributed by atoms with Crippen LogP contribution in [0.1, 0.15) is 29.5 Å². The Kier molecular flexibility index (Phi) is 7.31. The zero-order chi connectivity index (χ0) is 24.8. The van der Waals surface area contributed by atoms with Crippen molar-refractivity contribution in [2.75, 3.05) is 13.2 Å². The molecule has 35 heavy (non-hydrogen) atoms. The summed E-state index contributed by atoms with van der Waals surface area (Å²) < 4.78 is 14.2. The lowest BCUT2D eigenvalue weighted by molar-refractivity contribution is -0.143. The number of aliphatic hydroxyl groups excluding tert-OH is 1. The summed E-state index contributed by atoms with van der Waals surface area (Å²) in [5, 5.41) is 9.56. The number of benzene rings is 2. The van der Waals surface area contributed by atoms with Gasteiger partial charge in [0.2, 0.25) is 17.7 Å². The summed E-state index contributed by atoms with van der Waals surface area (Å²) in [6, 6.07) is 18.2. The van der Waals surface area contributed by atoms with Crippen LogP contribution in [0.4, 0.5) is 4.39 Å². The van der Waals surface area contributed by atoms with E-state index in [2.05, 4.69) is 4.98 Å². The van der Waals surface area contributed by atoms with Crippen LogP contribution in [-0.2, 0) is 32.9 Å². The maximum Gasteiger partial charge on any atom is 0.241 e. The number of pyridine rings is 1. The SMILES string of the molecule is O=C(C[C@]1(c2cccc(F)c2)CC(=O)N(Cc2cccnc2)C1=O)N(CCO)Cc1ccccc1. The zero-order valence-electron chi connectivity index (χ0n) is 19.1. The highest BCUT2D eigenvalue weighted by Crippen LogP contribution is 2.41. The molecule has 1 saturated heterocycles. The van der Waals surface area contributed by atoms with Crippen LogP contribution >= 0.6 is 0 Å². The molecule has 1 aliphatic heterocycles. The minimum Gasteiger partial charge on any atom is -0.395 e. The van der Waals surface area contributed by atoms with Crippen LogP contribution in [0.5, 0.6) is 0 Å². The fourth-order valence-corrected chi connectivity index (χ4v) is 4.47. The number of aliphatic hydroxyl groups is 1. The number of hydrogen-bond acceptors (Lipinski definition) is 5. The van der Waals surface area contributed by atoms with E-state index in [1.165, 1.54) is 23.1 Å². The third kappa shape index (κ3) is 5.27. The largest absolute Gasteiger partial charge is 0.395 e. The third-order valence-electron chi connectivity index (χ3n) is 6.24. The molecule has 4 rings (SSSR count). The maximum absolute atomic E-state index is 14.2. The normalized spacial score (nSPS) is 17.6. The summed E-state index contributed by atoms with van der Waals surface area (Å²) in [4.78, 5) is 46.9. The Bertz CT molecular complexity index is 1210. The van der Waals surface area contributed by atoms with Gasteiger partial charge >= 0.3 is 0 Å². The van der Waals surface area contributed by atoms with Gasteiger partial charge in [-0.2, -0.15) is 0 Å². The molecule has 180 valence electrons. The van der Waals surface area contributed by atoms with Gasteiger partial charge in [-0.15, -0.1) is 0 Å². The Morgan fingerprint density at radius 2 is 1.83 bits per heavy atom. The Labute approximate surface area is 202 Å². The van der Waals surface area contributed by atoms with Crippen LogP contribution in [0.15, 0.2) is 79.1 Å². The number of aromatic nitrogens is 1.